The molecular weight excluding hydrogens is 216 g/mol. The smallest absolute Gasteiger partial charge is 0.293 e. The van der Waals surface area contributed by atoms with Crippen LogP contribution in [0.4, 0.5) is 0 Å². The highest BCUT2D eigenvalue weighted by atomic mass is 16.2. The number of likely N-dealkylation sites (tertiary alicyclic amines) is 1. The molecule has 1 N–H and O–H groups in total. The van der Waals surface area contributed by atoms with Gasteiger partial charge in [-0.2, -0.15) is 0 Å². The van der Waals surface area contributed by atoms with E-state index in [2.05, 4.69) is 29.0 Å². The number of hydrogen-bond donors (Lipinski definition) is 1. The minimum absolute atomic E-state index is 0.0204. The van der Waals surface area contributed by atoms with Gasteiger partial charge in [0, 0.05) is 19.0 Å². The molecule has 5 nitrogen and oxygen atoms in total. The Hall–Kier alpha value is -1.39. The summed E-state index contributed by atoms with van der Waals surface area (Å²) < 4.78 is 0. The van der Waals surface area contributed by atoms with Crippen LogP contribution in [0.15, 0.2) is 0 Å². The Labute approximate surface area is 102 Å². The second kappa shape index (κ2) is 5.29. The number of nitrogens with zero attached hydrogens (tertiary/aromatic N) is 3. The maximum absolute atomic E-state index is 12.2. The lowest BCUT2D eigenvalue weighted by Crippen LogP contribution is -2.35. The lowest BCUT2D eigenvalue weighted by atomic mass is 10.2. The first-order valence-corrected chi connectivity index (χ1v) is 6.48. The summed E-state index contributed by atoms with van der Waals surface area (Å²) in [7, 11) is 0. The van der Waals surface area contributed by atoms with Gasteiger partial charge in [0.25, 0.3) is 5.91 Å². The molecule has 94 valence electrons. The topological polar surface area (TPSA) is 61.9 Å². The van der Waals surface area contributed by atoms with Gasteiger partial charge in [0.05, 0.1) is 0 Å². The molecule has 0 spiro atoms. The molecule has 2 heterocycles. The first-order valence-electron chi connectivity index (χ1n) is 6.48. The largest absolute Gasteiger partial charge is 0.333 e. The van der Waals surface area contributed by atoms with Gasteiger partial charge in [-0.05, 0) is 25.7 Å². The molecular formula is C12H20N4O. The Balaban J connectivity index is 2.07. The fourth-order valence-corrected chi connectivity index (χ4v) is 2.40. The van der Waals surface area contributed by atoms with Crippen molar-refractivity contribution >= 4 is 5.91 Å². The highest BCUT2D eigenvalue weighted by Gasteiger charge is 2.30. The van der Waals surface area contributed by atoms with E-state index in [1.165, 1.54) is 0 Å². The molecule has 1 aromatic rings. The van der Waals surface area contributed by atoms with Crippen LogP contribution >= 0.6 is 0 Å². The van der Waals surface area contributed by atoms with Crippen molar-refractivity contribution in [2.45, 2.75) is 52.0 Å². The highest BCUT2D eigenvalue weighted by molar-refractivity contribution is 5.90. The number of amides is 1. The molecule has 1 aromatic heterocycles. The normalized spacial score (nSPS) is 19.9. The van der Waals surface area contributed by atoms with Crippen LogP contribution in [0.5, 0.6) is 0 Å². The lowest BCUT2D eigenvalue weighted by molar-refractivity contribution is 0.0721. The van der Waals surface area contributed by atoms with Crippen LogP contribution in [-0.4, -0.2) is 38.6 Å². The van der Waals surface area contributed by atoms with Gasteiger partial charge < -0.3 is 4.90 Å². The molecule has 1 aliphatic rings. The van der Waals surface area contributed by atoms with Crippen LogP contribution in [0.2, 0.25) is 0 Å². The molecule has 1 amide bonds. The number of carbonyl (C=O) groups is 1. The van der Waals surface area contributed by atoms with E-state index < -0.39 is 0 Å². The third-order valence-electron chi connectivity index (χ3n) is 3.32. The van der Waals surface area contributed by atoms with Crippen molar-refractivity contribution in [3.63, 3.8) is 0 Å². The van der Waals surface area contributed by atoms with Crippen molar-refractivity contribution in [3.05, 3.63) is 11.6 Å². The number of hydrogen-bond acceptors (Lipinski definition) is 3. The van der Waals surface area contributed by atoms with Gasteiger partial charge in [-0.25, -0.2) is 4.98 Å². The molecule has 1 fully saturated rings. The zero-order chi connectivity index (χ0) is 12.3. The third-order valence-corrected chi connectivity index (χ3v) is 3.32. The van der Waals surface area contributed by atoms with Crippen molar-refractivity contribution in [3.8, 4) is 0 Å². The van der Waals surface area contributed by atoms with E-state index in [9.17, 15) is 4.79 Å². The van der Waals surface area contributed by atoms with E-state index in [1.807, 2.05) is 4.90 Å². The van der Waals surface area contributed by atoms with Gasteiger partial charge in [-0.1, -0.05) is 13.8 Å². The Bertz CT molecular complexity index is 388. The number of carbonyl (C=O) groups excluding carboxylic acids is 1. The second-order valence-electron chi connectivity index (χ2n) is 4.56. The molecule has 0 radical (unpaired) electrons. The number of nitrogens with one attached hydrogen (secondary N) is 1. The first kappa shape index (κ1) is 12.1. The number of H-pyrrole nitrogens is 1. The number of rotatable bonds is 4. The zero-order valence-electron chi connectivity index (χ0n) is 10.6. The molecule has 1 saturated heterocycles. The second-order valence-corrected chi connectivity index (χ2v) is 4.56. The van der Waals surface area contributed by atoms with Crippen molar-refractivity contribution < 1.29 is 4.79 Å². The Morgan fingerprint density at radius 1 is 1.53 bits per heavy atom. The van der Waals surface area contributed by atoms with Gasteiger partial charge in [-0.3, -0.25) is 9.89 Å². The summed E-state index contributed by atoms with van der Waals surface area (Å²) in [5, 5.41) is 6.86. The van der Waals surface area contributed by atoms with Crippen molar-refractivity contribution in [2.24, 2.45) is 0 Å². The molecule has 0 aliphatic carbocycles. The molecule has 1 atom stereocenters. The van der Waals surface area contributed by atoms with Crippen molar-refractivity contribution in [1.29, 1.82) is 0 Å². The van der Waals surface area contributed by atoms with Gasteiger partial charge in [0.15, 0.2) is 0 Å². The predicted molar refractivity (Wildman–Crippen MR) is 64.7 cm³/mol. The van der Waals surface area contributed by atoms with Gasteiger partial charge >= 0.3 is 0 Å². The summed E-state index contributed by atoms with van der Waals surface area (Å²) in [5.74, 6) is 1.12. The highest BCUT2D eigenvalue weighted by Crippen LogP contribution is 2.21. The predicted octanol–water partition coefficient (Wildman–Crippen LogP) is 1.77. The molecule has 0 saturated carbocycles. The van der Waals surface area contributed by atoms with Gasteiger partial charge in [-0.15, -0.1) is 5.10 Å². The van der Waals surface area contributed by atoms with E-state index in [0.29, 0.717) is 11.9 Å². The van der Waals surface area contributed by atoms with Crippen LogP contribution in [0, 0.1) is 0 Å². The molecule has 5 heteroatoms. The monoisotopic (exact) mass is 236 g/mol. The first-order chi connectivity index (χ1) is 8.26. The number of aryl methyl sites for hydroxylation is 1. The van der Waals surface area contributed by atoms with Crippen molar-refractivity contribution in [2.75, 3.05) is 6.54 Å². The summed E-state index contributed by atoms with van der Waals surface area (Å²) in [6, 6.07) is 0.371. The Kier molecular flexibility index (Phi) is 3.76. The summed E-state index contributed by atoms with van der Waals surface area (Å²) in [6.07, 6.45) is 5.06. The molecule has 0 bridgehead atoms. The fourth-order valence-electron chi connectivity index (χ4n) is 2.40. The molecule has 17 heavy (non-hydrogen) atoms. The number of aromatic amines is 1. The summed E-state index contributed by atoms with van der Waals surface area (Å²) >= 11 is 0. The molecule has 0 aromatic carbocycles. The quantitative estimate of drug-likeness (QED) is 0.866. The maximum atomic E-state index is 12.2. The van der Waals surface area contributed by atoms with Gasteiger partial charge in [0.2, 0.25) is 5.82 Å². The van der Waals surface area contributed by atoms with Gasteiger partial charge in [0.1, 0.15) is 5.82 Å². The summed E-state index contributed by atoms with van der Waals surface area (Å²) in [5.41, 5.74) is 0. The molecule has 1 aliphatic heterocycles. The molecule has 1 unspecified atom stereocenters. The lowest BCUT2D eigenvalue weighted by Gasteiger charge is -2.21. The van der Waals surface area contributed by atoms with Crippen molar-refractivity contribution in [1.82, 2.24) is 20.1 Å². The van der Waals surface area contributed by atoms with E-state index in [-0.39, 0.29) is 5.91 Å². The van der Waals surface area contributed by atoms with Crippen LogP contribution in [0.3, 0.4) is 0 Å². The Morgan fingerprint density at radius 2 is 2.35 bits per heavy atom. The van der Waals surface area contributed by atoms with Crippen LogP contribution in [0.25, 0.3) is 0 Å². The minimum atomic E-state index is -0.0204. The summed E-state index contributed by atoms with van der Waals surface area (Å²) in [4.78, 5) is 18.4. The Morgan fingerprint density at radius 3 is 3.06 bits per heavy atom. The van der Waals surface area contributed by atoms with E-state index in [4.69, 9.17) is 0 Å². The maximum Gasteiger partial charge on any atom is 0.293 e. The van der Waals surface area contributed by atoms with Crippen LogP contribution in [-0.2, 0) is 6.42 Å². The summed E-state index contributed by atoms with van der Waals surface area (Å²) in [6.45, 7) is 5.04. The average Bonchev–Trinajstić information content (AvgIpc) is 2.96. The standard InChI is InChI=1S/C12H20N4O/c1-3-6-10-13-11(15-14-10)12(17)16-8-5-7-9(16)4-2/h9H,3-8H2,1-2H3,(H,13,14,15). The average molecular weight is 236 g/mol. The van der Waals surface area contributed by atoms with Crippen LogP contribution < -0.4 is 0 Å². The molecule has 2 rings (SSSR count). The third kappa shape index (κ3) is 2.48. The van der Waals surface area contributed by atoms with Crippen LogP contribution in [0.1, 0.15) is 56.0 Å². The van der Waals surface area contributed by atoms with E-state index in [1.54, 1.807) is 0 Å². The number of aromatic nitrogens is 3. The SMILES string of the molecule is CCCc1nc(C(=O)N2CCCC2CC)n[nH]1. The van der Waals surface area contributed by atoms with E-state index in [0.717, 1.165) is 44.5 Å². The fraction of sp³-hybridized carbons (Fsp3) is 0.750. The van der Waals surface area contributed by atoms with E-state index >= 15 is 0 Å². The minimum Gasteiger partial charge on any atom is -0.333 e. The zero-order valence-corrected chi connectivity index (χ0v) is 10.6.